The Labute approximate surface area is 181 Å². The van der Waals surface area contributed by atoms with Crippen molar-refractivity contribution >= 4 is 56.0 Å². The standard InChI is InChI=1S/C19H21ClFN5O3S/c1-26(15-5-3-12(20)11-13(15)21)16-6-4-14-17(24-16)30-19(23-14)25-18(28)22-7-10-29-9-2-8-27/h3-6,11,27H,2,7-10H2,1H3,(H2,22,23,25,28). The average molecular weight is 454 g/mol. The number of thiazole rings is 1. The van der Waals surface area contributed by atoms with Gasteiger partial charge >= 0.3 is 6.03 Å². The van der Waals surface area contributed by atoms with Crippen LogP contribution in [-0.2, 0) is 4.74 Å². The van der Waals surface area contributed by atoms with Gasteiger partial charge in [0.25, 0.3) is 0 Å². The topological polar surface area (TPSA) is 99.6 Å². The predicted octanol–water partition coefficient (Wildman–Crippen LogP) is 3.77. The van der Waals surface area contributed by atoms with E-state index in [2.05, 4.69) is 20.6 Å². The van der Waals surface area contributed by atoms with Crippen LogP contribution in [-0.4, -0.2) is 54.5 Å². The summed E-state index contributed by atoms with van der Waals surface area (Å²) in [5.41, 5.74) is 0.964. The van der Waals surface area contributed by atoms with Crippen LogP contribution in [0.4, 0.5) is 25.8 Å². The first-order valence-electron chi connectivity index (χ1n) is 9.18. The molecule has 0 atom stereocenters. The number of nitrogens with one attached hydrogen (secondary N) is 2. The highest BCUT2D eigenvalue weighted by molar-refractivity contribution is 7.22. The minimum atomic E-state index is -0.449. The second-order valence-corrected chi connectivity index (χ2v) is 7.65. The summed E-state index contributed by atoms with van der Waals surface area (Å²) in [6.45, 7) is 1.21. The van der Waals surface area contributed by atoms with Gasteiger partial charge in [0.2, 0.25) is 0 Å². The van der Waals surface area contributed by atoms with Crippen molar-refractivity contribution in [2.75, 3.05) is 43.6 Å². The lowest BCUT2D eigenvalue weighted by Crippen LogP contribution is -2.31. The van der Waals surface area contributed by atoms with E-state index in [4.69, 9.17) is 21.4 Å². The second-order valence-electron chi connectivity index (χ2n) is 6.24. The molecule has 2 aromatic heterocycles. The smallest absolute Gasteiger partial charge is 0.321 e. The zero-order valence-corrected chi connectivity index (χ0v) is 17.8. The van der Waals surface area contributed by atoms with Crippen molar-refractivity contribution in [3.05, 3.63) is 41.2 Å². The first-order valence-corrected chi connectivity index (χ1v) is 10.4. The molecule has 3 N–H and O–H groups in total. The summed E-state index contributed by atoms with van der Waals surface area (Å²) >= 11 is 7.03. The van der Waals surface area contributed by atoms with Crippen molar-refractivity contribution in [1.82, 2.24) is 15.3 Å². The zero-order valence-electron chi connectivity index (χ0n) is 16.2. The number of pyridine rings is 1. The lowest BCUT2D eigenvalue weighted by Gasteiger charge is -2.18. The van der Waals surface area contributed by atoms with Crippen LogP contribution in [0.3, 0.4) is 0 Å². The van der Waals surface area contributed by atoms with Gasteiger partial charge in [0.15, 0.2) is 5.13 Å². The number of nitrogens with zero attached hydrogens (tertiary/aromatic N) is 3. The molecule has 3 aromatic rings. The van der Waals surface area contributed by atoms with Gasteiger partial charge in [0.1, 0.15) is 22.0 Å². The molecule has 0 saturated carbocycles. The maximum Gasteiger partial charge on any atom is 0.321 e. The van der Waals surface area contributed by atoms with E-state index < -0.39 is 11.8 Å². The first kappa shape index (κ1) is 22.2. The van der Waals surface area contributed by atoms with Crippen molar-refractivity contribution < 1.29 is 19.0 Å². The quantitative estimate of drug-likeness (QED) is 0.426. The van der Waals surface area contributed by atoms with Gasteiger partial charge in [-0.05, 0) is 36.8 Å². The molecule has 0 radical (unpaired) electrons. The van der Waals surface area contributed by atoms with Crippen molar-refractivity contribution in [1.29, 1.82) is 0 Å². The molecule has 0 aliphatic heterocycles. The number of carbonyl (C=O) groups excluding carboxylic acids is 1. The average Bonchev–Trinajstić information content (AvgIpc) is 3.11. The number of ether oxygens (including phenoxy) is 1. The molecule has 0 aliphatic rings. The highest BCUT2D eigenvalue weighted by atomic mass is 35.5. The summed E-state index contributed by atoms with van der Waals surface area (Å²) in [4.78, 5) is 23.0. The van der Waals surface area contributed by atoms with E-state index in [-0.39, 0.29) is 6.61 Å². The van der Waals surface area contributed by atoms with Crippen LogP contribution in [0.1, 0.15) is 6.42 Å². The number of anilines is 3. The molecule has 2 heterocycles. The molecule has 30 heavy (non-hydrogen) atoms. The molecule has 0 saturated heterocycles. The number of amides is 2. The number of benzene rings is 1. The summed E-state index contributed by atoms with van der Waals surface area (Å²) in [6, 6.07) is 7.53. The van der Waals surface area contributed by atoms with Gasteiger partial charge in [-0.3, -0.25) is 5.32 Å². The van der Waals surface area contributed by atoms with Gasteiger partial charge in [-0.2, -0.15) is 0 Å². The fourth-order valence-electron chi connectivity index (χ4n) is 2.57. The Kier molecular flexibility index (Phi) is 7.75. The summed E-state index contributed by atoms with van der Waals surface area (Å²) in [7, 11) is 1.71. The summed E-state index contributed by atoms with van der Waals surface area (Å²) in [5.74, 6) is 0.0824. The number of urea groups is 1. The van der Waals surface area contributed by atoms with E-state index in [1.54, 1.807) is 36.2 Å². The Morgan fingerprint density at radius 2 is 2.13 bits per heavy atom. The molecular formula is C19H21ClFN5O3S. The van der Waals surface area contributed by atoms with Crippen LogP contribution in [0.5, 0.6) is 0 Å². The molecule has 0 unspecified atom stereocenters. The van der Waals surface area contributed by atoms with Crippen LogP contribution in [0, 0.1) is 5.82 Å². The summed E-state index contributed by atoms with van der Waals surface area (Å²) < 4.78 is 19.4. The van der Waals surface area contributed by atoms with Crippen molar-refractivity contribution in [2.45, 2.75) is 6.42 Å². The first-order chi connectivity index (χ1) is 14.5. The third-order valence-electron chi connectivity index (χ3n) is 4.05. The van der Waals surface area contributed by atoms with Gasteiger partial charge in [-0.1, -0.05) is 22.9 Å². The van der Waals surface area contributed by atoms with Gasteiger partial charge in [-0.15, -0.1) is 0 Å². The maximum atomic E-state index is 14.2. The van der Waals surface area contributed by atoms with Crippen molar-refractivity contribution in [3.63, 3.8) is 0 Å². The maximum absolute atomic E-state index is 14.2. The normalized spacial score (nSPS) is 10.9. The van der Waals surface area contributed by atoms with Crippen LogP contribution < -0.4 is 15.5 Å². The fraction of sp³-hybridized carbons (Fsp3) is 0.316. The van der Waals surface area contributed by atoms with E-state index in [1.165, 1.54) is 17.4 Å². The van der Waals surface area contributed by atoms with E-state index in [0.717, 1.165) is 0 Å². The molecule has 11 heteroatoms. The zero-order chi connectivity index (χ0) is 21.5. The number of aliphatic hydroxyl groups is 1. The van der Waals surface area contributed by atoms with Crippen molar-refractivity contribution in [3.8, 4) is 0 Å². The number of rotatable bonds is 9. The van der Waals surface area contributed by atoms with Crippen LogP contribution in [0.2, 0.25) is 5.02 Å². The summed E-state index contributed by atoms with van der Waals surface area (Å²) in [6.07, 6.45) is 0.562. The summed E-state index contributed by atoms with van der Waals surface area (Å²) in [5, 5.41) is 14.7. The van der Waals surface area contributed by atoms with Gasteiger partial charge in [0, 0.05) is 31.8 Å². The third-order valence-corrected chi connectivity index (χ3v) is 5.17. The van der Waals surface area contributed by atoms with Gasteiger partial charge in [-0.25, -0.2) is 19.2 Å². The largest absolute Gasteiger partial charge is 0.396 e. The predicted molar refractivity (Wildman–Crippen MR) is 116 cm³/mol. The lowest BCUT2D eigenvalue weighted by atomic mass is 10.2. The third kappa shape index (κ3) is 5.76. The Balaban J connectivity index is 1.62. The number of hydrogen-bond donors (Lipinski definition) is 3. The molecule has 8 nitrogen and oxygen atoms in total. The monoisotopic (exact) mass is 453 g/mol. The Bertz CT molecular complexity index is 1020. The van der Waals surface area contributed by atoms with Crippen LogP contribution in [0.25, 0.3) is 10.3 Å². The van der Waals surface area contributed by atoms with Crippen LogP contribution in [0.15, 0.2) is 30.3 Å². The number of fused-ring (bicyclic) bond motifs is 1. The van der Waals surface area contributed by atoms with Crippen LogP contribution >= 0.6 is 22.9 Å². The second kappa shape index (κ2) is 10.5. The SMILES string of the molecule is CN(c1ccc2nc(NC(=O)NCCOCCCO)sc2n1)c1ccc(Cl)cc1F. The Hall–Kier alpha value is -2.53. The minimum Gasteiger partial charge on any atom is -0.396 e. The molecule has 2 amide bonds. The Morgan fingerprint density at radius 1 is 1.30 bits per heavy atom. The Morgan fingerprint density at radius 3 is 2.90 bits per heavy atom. The molecule has 0 fully saturated rings. The molecule has 0 spiro atoms. The fourth-order valence-corrected chi connectivity index (χ4v) is 3.56. The van der Waals surface area contributed by atoms with E-state index >= 15 is 0 Å². The van der Waals surface area contributed by atoms with E-state index in [9.17, 15) is 9.18 Å². The molecule has 0 aliphatic carbocycles. The highest BCUT2D eigenvalue weighted by Gasteiger charge is 2.14. The number of halogens is 2. The lowest BCUT2D eigenvalue weighted by molar-refractivity contribution is 0.118. The number of hydrogen-bond acceptors (Lipinski definition) is 7. The number of aromatic nitrogens is 2. The number of aliphatic hydroxyl groups excluding tert-OH is 1. The van der Waals surface area contributed by atoms with Gasteiger partial charge in [0.05, 0.1) is 12.3 Å². The number of carbonyl (C=O) groups is 1. The van der Waals surface area contributed by atoms with E-state index in [0.29, 0.717) is 58.2 Å². The molecule has 3 rings (SSSR count). The van der Waals surface area contributed by atoms with Crippen molar-refractivity contribution in [2.24, 2.45) is 0 Å². The van der Waals surface area contributed by atoms with E-state index in [1.807, 2.05) is 0 Å². The van der Waals surface area contributed by atoms with Gasteiger partial charge < -0.3 is 20.1 Å². The minimum absolute atomic E-state index is 0.0751. The molecular weight excluding hydrogens is 433 g/mol. The highest BCUT2D eigenvalue weighted by Crippen LogP contribution is 2.30. The molecule has 160 valence electrons. The molecule has 1 aromatic carbocycles. The molecule has 0 bridgehead atoms.